The van der Waals surface area contributed by atoms with Crippen molar-refractivity contribution in [2.75, 3.05) is 0 Å². The number of benzene rings is 3. The van der Waals surface area contributed by atoms with Crippen LogP contribution >= 0.6 is 19.4 Å². The Morgan fingerprint density at radius 3 is 1.61 bits per heavy atom. The molecule has 82 valence electrons. The fraction of sp³-hybridized carbons (Fsp3) is 0. The van der Waals surface area contributed by atoms with Crippen molar-refractivity contribution in [2.24, 2.45) is 0 Å². The molecule has 0 aliphatic heterocycles. The van der Waals surface area contributed by atoms with Crippen LogP contribution in [0, 0.1) is 0 Å². The van der Waals surface area contributed by atoms with E-state index < -0.39 is 32.3 Å². The van der Waals surface area contributed by atoms with Crippen LogP contribution in [0.3, 0.4) is 0 Å². The maximum absolute atomic E-state index is 6.20. The van der Waals surface area contributed by atoms with Crippen LogP contribution in [-0.2, 0) is 32.3 Å². The maximum atomic E-state index is 6.20. The Hall–Kier alpha value is 0.00675. The molecule has 0 heterocycles. The summed E-state index contributed by atoms with van der Waals surface area (Å²) in [5.74, 6) is 0. The van der Waals surface area contributed by atoms with Crippen molar-refractivity contribution in [3.05, 3.63) is 48.5 Å². The van der Waals surface area contributed by atoms with Crippen molar-refractivity contribution in [1.29, 1.82) is 0 Å². The summed E-state index contributed by atoms with van der Waals surface area (Å²) in [5, 5.41) is 5.26. The average Bonchev–Trinajstić information content (AvgIpc) is 2.43. The molecule has 0 atom stereocenters. The molecule has 0 amide bonds. The first-order valence-electron chi connectivity index (χ1n) is 5.88. The van der Waals surface area contributed by atoms with Crippen molar-refractivity contribution >= 4 is 49.2 Å². The van der Waals surface area contributed by atoms with Gasteiger partial charge in [-0.05, 0) is 0 Å². The number of halogens is 2. The molecule has 3 aromatic carbocycles. The Kier molecular flexibility index (Phi) is 4.02. The van der Waals surface area contributed by atoms with E-state index in [1.54, 1.807) is 0 Å². The molecular formula is C14H8Cl2Zn2. The van der Waals surface area contributed by atoms with Crippen molar-refractivity contribution < 1.29 is 32.3 Å². The number of hydrogen-bond acceptors (Lipinski definition) is 0. The molecule has 0 N–H and O–H groups in total. The van der Waals surface area contributed by atoms with Crippen molar-refractivity contribution in [1.82, 2.24) is 0 Å². The second kappa shape index (κ2) is 5.56. The Morgan fingerprint density at radius 1 is 0.667 bits per heavy atom. The molecule has 18 heavy (non-hydrogen) atoms. The van der Waals surface area contributed by atoms with Crippen LogP contribution in [0.2, 0.25) is 0 Å². The van der Waals surface area contributed by atoms with Crippen LogP contribution in [0.1, 0.15) is 0 Å². The number of rotatable bonds is 2. The molecule has 0 unspecified atom stereocenters. The van der Waals surface area contributed by atoms with Gasteiger partial charge in [-0.2, -0.15) is 0 Å². The predicted molar refractivity (Wildman–Crippen MR) is 72.4 cm³/mol. The summed E-state index contributed by atoms with van der Waals surface area (Å²) >= 11 is -2.17. The zero-order chi connectivity index (χ0) is 12.5. The van der Waals surface area contributed by atoms with Crippen molar-refractivity contribution in [3.8, 4) is 0 Å². The van der Waals surface area contributed by atoms with Gasteiger partial charge in [0, 0.05) is 0 Å². The predicted octanol–water partition coefficient (Wildman–Crippen LogP) is 3.72. The van der Waals surface area contributed by atoms with E-state index in [9.17, 15) is 0 Å². The van der Waals surface area contributed by atoms with E-state index in [4.69, 9.17) is 19.4 Å². The van der Waals surface area contributed by atoms with Gasteiger partial charge in [0.15, 0.2) is 0 Å². The first-order valence-corrected chi connectivity index (χ1v) is 16.6. The normalized spacial score (nSPS) is 10.3. The molecule has 3 aromatic rings. The second-order valence-electron chi connectivity index (χ2n) is 4.40. The molecule has 0 saturated heterocycles. The molecule has 0 aliphatic carbocycles. The molecule has 0 fully saturated rings. The zero-order valence-corrected chi connectivity index (χ0v) is 17.2. The van der Waals surface area contributed by atoms with Gasteiger partial charge in [0.05, 0.1) is 0 Å². The second-order valence-corrected chi connectivity index (χ2v) is 11.5. The molecule has 0 nitrogen and oxygen atoms in total. The van der Waals surface area contributed by atoms with Crippen LogP contribution in [-0.4, -0.2) is 0 Å². The van der Waals surface area contributed by atoms with Gasteiger partial charge in [-0.1, -0.05) is 0 Å². The van der Waals surface area contributed by atoms with E-state index in [1.807, 2.05) is 0 Å². The standard InChI is InChI=1S/C14H8.2ClH.2Zn/c1-2-6-12-10-14-8-4-3-7-13(14)9-11(12)5-1;;;;/h1-5,7,9-10H;2*1H;;/q;;;2*+1/p-2. The molecule has 0 saturated carbocycles. The topological polar surface area (TPSA) is 0 Å². The Labute approximate surface area is 129 Å². The molecule has 0 aromatic heterocycles. The van der Waals surface area contributed by atoms with Crippen molar-refractivity contribution in [2.45, 2.75) is 0 Å². The summed E-state index contributed by atoms with van der Waals surface area (Å²) < 4.78 is 2.75. The van der Waals surface area contributed by atoms with E-state index in [0.29, 0.717) is 0 Å². The quantitative estimate of drug-likeness (QED) is 0.471. The summed E-state index contributed by atoms with van der Waals surface area (Å²) in [6, 6.07) is 17.5. The third kappa shape index (κ3) is 2.25. The average molecular weight is 378 g/mol. The van der Waals surface area contributed by atoms with Crippen LogP contribution in [0.15, 0.2) is 48.5 Å². The van der Waals surface area contributed by atoms with Crippen LogP contribution < -0.4 is 8.32 Å². The van der Waals surface area contributed by atoms with E-state index in [0.717, 1.165) is 0 Å². The summed E-state index contributed by atoms with van der Waals surface area (Å²) in [6.45, 7) is 0. The van der Waals surface area contributed by atoms with E-state index in [1.165, 1.54) is 29.9 Å². The van der Waals surface area contributed by atoms with Crippen molar-refractivity contribution in [3.63, 3.8) is 0 Å². The van der Waals surface area contributed by atoms with Gasteiger partial charge >= 0.3 is 130 Å². The molecule has 0 aliphatic rings. The Balaban J connectivity index is 2.44. The molecule has 3 rings (SSSR count). The molecule has 0 bridgehead atoms. The Bertz CT molecular complexity index is 666. The molecule has 4 heteroatoms. The third-order valence-electron chi connectivity index (χ3n) is 3.35. The molecule has 0 spiro atoms. The first-order chi connectivity index (χ1) is 8.83. The van der Waals surface area contributed by atoms with Gasteiger partial charge in [0.1, 0.15) is 0 Å². The van der Waals surface area contributed by atoms with E-state index in [2.05, 4.69) is 48.5 Å². The van der Waals surface area contributed by atoms with Gasteiger partial charge in [0.25, 0.3) is 0 Å². The summed E-state index contributed by atoms with van der Waals surface area (Å²) in [7, 11) is 12.4. The van der Waals surface area contributed by atoms with Gasteiger partial charge in [-0.15, -0.1) is 0 Å². The summed E-state index contributed by atoms with van der Waals surface area (Å²) in [5.41, 5.74) is 0. The monoisotopic (exact) mass is 374 g/mol. The third-order valence-corrected chi connectivity index (χ3v) is 10.1. The van der Waals surface area contributed by atoms with E-state index in [-0.39, 0.29) is 0 Å². The number of hydrogen-bond donors (Lipinski definition) is 0. The zero-order valence-electron chi connectivity index (χ0n) is 9.79. The first kappa shape index (κ1) is 13.0. The summed E-state index contributed by atoms with van der Waals surface area (Å²) in [4.78, 5) is 0. The van der Waals surface area contributed by atoms with Gasteiger partial charge in [0.2, 0.25) is 0 Å². The minimum absolute atomic E-state index is 1.08. The Morgan fingerprint density at radius 2 is 1.17 bits per heavy atom. The fourth-order valence-electron chi connectivity index (χ4n) is 2.41. The summed E-state index contributed by atoms with van der Waals surface area (Å²) in [6.07, 6.45) is 0. The fourth-order valence-corrected chi connectivity index (χ4v) is 7.67. The molecular weight excluding hydrogens is 370 g/mol. The molecule has 0 radical (unpaired) electrons. The van der Waals surface area contributed by atoms with Gasteiger partial charge < -0.3 is 0 Å². The van der Waals surface area contributed by atoms with Gasteiger partial charge in [-0.3, -0.25) is 0 Å². The van der Waals surface area contributed by atoms with Crippen LogP contribution in [0.4, 0.5) is 0 Å². The van der Waals surface area contributed by atoms with E-state index >= 15 is 0 Å². The van der Waals surface area contributed by atoms with Gasteiger partial charge in [-0.25, -0.2) is 0 Å². The minimum atomic E-state index is -1.08. The number of fused-ring (bicyclic) bond motifs is 2. The SMILES string of the molecule is [Cl][Zn][c]1cccc2cc3ccc[c]([Zn][Cl])c3cc12. The van der Waals surface area contributed by atoms with Crippen LogP contribution in [0.5, 0.6) is 0 Å². The van der Waals surface area contributed by atoms with Crippen LogP contribution in [0.25, 0.3) is 21.5 Å².